The van der Waals surface area contributed by atoms with Crippen molar-refractivity contribution in [2.24, 2.45) is 0 Å². The predicted molar refractivity (Wildman–Crippen MR) is 76.0 cm³/mol. The Morgan fingerprint density at radius 1 is 1.35 bits per heavy atom. The molecule has 1 aromatic carbocycles. The molecule has 0 aliphatic rings. The maximum Gasteiger partial charge on any atom is 0.0673 e. The molecule has 0 saturated carbocycles. The van der Waals surface area contributed by atoms with E-state index in [0.717, 1.165) is 11.6 Å². The van der Waals surface area contributed by atoms with Gasteiger partial charge in [0.05, 0.1) is 6.04 Å². The van der Waals surface area contributed by atoms with Gasteiger partial charge in [-0.15, -0.1) is 11.3 Å². The Labute approximate surface area is 111 Å². The van der Waals surface area contributed by atoms with Crippen LogP contribution in [-0.4, -0.2) is 6.54 Å². The number of rotatable bonds is 4. The second kappa shape index (κ2) is 5.67. The Balaban J connectivity index is 2.39. The van der Waals surface area contributed by atoms with Gasteiger partial charge in [0.1, 0.15) is 0 Å². The monoisotopic (exact) mass is 265 g/mol. The Morgan fingerprint density at radius 2 is 2.18 bits per heavy atom. The molecule has 1 nitrogen and oxygen atoms in total. The van der Waals surface area contributed by atoms with Crippen LogP contribution in [0.15, 0.2) is 35.7 Å². The van der Waals surface area contributed by atoms with Gasteiger partial charge >= 0.3 is 0 Å². The molecule has 90 valence electrons. The van der Waals surface area contributed by atoms with Crippen LogP contribution in [0.5, 0.6) is 0 Å². The molecule has 17 heavy (non-hydrogen) atoms. The highest BCUT2D eigenvalue weighted by atomic mass is 35.5. The first kappa shape index (κ1) is 12.6. The Bertz CT molecular complexity index is 479. The molecule has 1 N–H and O–H groups in total. The fraction of sp³-hybridized carbons (Fsp3) is 0.286. The van der Waals surface area contributed by atoms with Gasteiger partial charge in [0.25, 0.3) is 0 Å². The molecule has 0 bridgehead atoms. The number of aryl methyl sites for hydroxylation is 1. The zero-order chi connectivity index (χ0) is 12.3. The van der Waals surface area contributed by atoms with E-state index in [1.54, 1.807) is 11.3 Å². The highest BCUT2D eigenvalue weighted by Crippen LogP contribution is 2.29. The van der Waals surface area contributed by atoms with Crippen LogP contribution < -0.4 is 5.32 Å². The van der Waals surface area contributed by atoms with Gasteiger partial charge in [-0.3, -0.25) is 0 Å². The number of halogens is 1. The average Bonchev–Trinajstić information content (AvgIpc) is 2.80. The Hall–Kier alpha value is -0.830. The van der Waals surface area contributed by atoms with Crippen molar-refractivity contribution in [3.05, 3.63) is 56.7 Å². The van der Waals surface area contributed by atoms with Crippen molar-refractivity contribution in [1.82, 2.24) is 5.32 Å². The van der Waals surface area contributed by atoms with E-state index in [0.29, 0.717) is 0 Å². The van der Waals surface area contributed by atoms with Crippen molar-refractivity contribution in [1.29, 1.82) is 0 Å². The summed E-state index contributed by atoms with van der Waals surface area (Å²) in [7, 11) is 0. The minimum Gasteiger partial charge on any atom is -0.306 e. The van der Waals surface area contributed by atoms with Crippen LogP contribution in [0.4, 0.5) is 0 Å². The summed E-state index contributed by atoms with van der Waals surface area (Å²) in [6.07, 6.45) is 0. The first-order valence-corrected chi connectivity index (χ1v) is 7.01. The maximum atomic E-state index is 6.01. The van der Waals surface area contributed by atoms with Crippen LogP contribution in [-0.2, 0) is 0 Å². The van der Waals surface area contributed by atoms with Crippen molar-refractivity contribution in [2.45, 2.75) is 19.9 Å². The van der Waals surface area contributed by atoms with Crippen LogP contribution >= 0.6 is 22.9 Å². The molecule has 0 radical (unpaired) electrons. The molecular formula is C14H16ClNS. The van der Waals surface area contributed by atoms with Crippen molar-refractivity contribution >= 4 is 22.9 Å². The van der Waals surface area contributed by atoms with Crippen LogP contribution in [0.2, 0.25) is 5.02 Å². The van der Waals surface area contributed by atoms with E-state index < -0.39 is 0 Å². The van der Waals surface area contributed by atoms with E-state index in [2.05, 4.69) is 42.7 Å². The van der Waals surface area contributed by atoms with E-state index in [1.807, 2.05) is 12.1 Å². The number of benzene rings is 1. The summed E-state index contributed by atoms with van der Waals surface area (Å²) in [5.41, 5.74) is 2.54. The van der Waals surface area contributed by atoms with Crippen molar-refractivity contribution in [3.63, 3.8) is 0 Å². The second-order valence-electron chi connectivity index (χ2n) is 4.01. The van der Waals surface area contributed by atoms with Gasteiger partial charge in [0.15, 0.2) is 0 Å². The molecule has 1 unspecified atom stereocenters. The molecule has 0 aliphatic carbocycles. The van der Waals surface area contributed by atoms with Gasteiger partial charge in [0.2, 0.25) is 0 Å². The lowest BCUT2D eigenvalue weighted by atomic mass is 10.00. The van der Waals surface area contributed by atoms with Gasteiger partial charge in [-0.2, -0.15) is 0 Å². The zero-order valence-corrected chi connectivity index (χ0v) is 11.6. The van der Waals surface area contributed by atoms with E-state index >= 15 is 0 Å². The third-order valence-corrected chi connectivity index (χ3v) is 3.95. The Kier molecular flexibility index (Phi) is 4.21. The quantitative estimate of drug-likeness (QED) is 0.864. The van der Waals surface area contributed by atoms with Crippen LogP contribution in [0, 0.1) is 6.92 Å². The Morgan fingerprint density at radius 3 is 2.76 bits per heavy atom. The normalized spacial score (nSPS) is 12.6. The molecule has 1 heterocycles. The van der Waals surface area contributed by atoms with Gasteiger partial charge in [-0.25, -0.2) is 0 Å². The lowest BCUT2D eigenvalue weighted by Crippen LogP contribution is -2.21. The topological polar surface area (TPSA) is 12.0 Å². The summed E-state index contributed by atoms with van der Waals surface area (Å²) in [6, 6.07) is 10.6. The SMILES string of the molecule is CCNC(c1cccs1)c1ccc(Cl)cc1C. The third-order valence-electron chi connectivity index (χ3n) is 2.78. The number of hydrogen-bond donors (Lipinski definition) is 1. The second-order valence-corrected chi connectivity index (χ2v) is 5.42. The molecule has 2 rings (SSSR count). The van der Waals surface area contributed by atoms with Gasteiger partial charge < -0.3 is 5.32 Å². The van der Waals surface area contributed by atoms with Gasteiger partial charge in [-0.05, 0) is 48.2 Å². The smallest absolute Gasteiger partial charge is 0.0673 e. The van der Waals surface area contributed by atoms with Crippen molar-refractivity contribution < 1.29 is 0 Å². The third kappa shape index (κ3) is 2.89. The van der Waals surface area contributed by atoms with Gasteiger partial charge in [0, 0.05) is 9.90 Å². The van der Waals surface area contributed by atoms with E-state index in [1.165, 1.54) is 16.0 Å². The summed E-state index contributed by atoms with van der Waals surface area (Å²) in [5.74, 6) is 0. The van der Waals surface area contributed by atoms with E-state index in [-0.39, 0.29) is 6.04 Å². The molecule has 1 aromatic heterocycles. The molecule has 2 aromatic rings. The molecule has 0 aliphatic heterocycles. The highest BCUT2D eigenvalue weighted by Gasteiger charge is 2.15. The summed E-state index contributed by atoms with van der Waals surface area (Å²) in [6.45, 7) is 5.19. The molecule has 0 fully saturated rings. The van der Waals surface area contributed by atoms with E-state index in [9.17, 15) is 0 Å². The summed E-state index contributed by atoms with van der Waals surface area (Å²) in [4.78, 5) is 1.34. The van der Waals surface area contributed by atoms with Crippen LogP contribution in [0.1, 0.15) is 29.0 Å². The minimum absolute atomic E-state index is 0.275. The predicted octanol–water partition coefficient (Wildman–Crippen LogP) is 4.41. The number of hydrogen-bond acceptors (Lipinski definition) is 2. The molecular weight excluding hydrogens is 250 g/mol. The minimum atomic E-state index is 0.275. The maximum absolute atomic E-state index is 6.01. The average molecular weight is 266 g/mol. The molecule has 0 saturated heterocycles. The van der Waals surface area contributed by atoms with Gasteiger partial charge in [-0.1, -0.05) is 30.7 Å². The van der Waals surface area contributed by atoms with Crippen molar-refractivity contribution in [3.8, 4) is 0 Å². The molecule has 0 spiro atoms. The fourth-order valence-electron chi connectivity index (χ4n) is 1.99. The summed E-state index contributed by atoms with van der Waals surface area (Å²) >= 11 is 7.79. The van der Waals surface area contributed by atoms with Crippen LogP contribution in [0.25, 0.3) is 0 Å². The standard InChI is InChI=1S/C14H16ClNS/c1-3-16-14(13-5-4-8-17-13)12-7-6-11(15)9-10(12)2/h4-9,14,16H,3H2,1-2H3. The lowest BCUT2D eigenvalue weighted by Gasteiger charge is -2.19. The highest BCUT2D eigenvalue weighted by molar-refractivity contribution is 7.10. The number of nitrogens with one attached hydrogen (secondary N) is 1. The lowest BCUT2D eigenvalue weighted by molar-refractivity contribution is 0.637. The fourth-order valence-corrected chi connectivity index (χ4v) is 3.03. The van der Waals surface area contributed by atoms with E-state index in [4.69, 9.17) is 11.6 Å². The zero-order valence-electron chi connectivity index (χ0n) is 10.0. The molecule has 1 atom stereocenters. The van der Waals surface area contributed by atoms with Crippen LogP contribution in [0.3, 0.4) is 0 Å². The largest absolute Gasteiger partial charge is 0.306 e. The first-order chi connectivity index (χ1) is 8.22. The molecule has 0 amide bonds. The van der Waals surface area contributed by atoms with Crippen molar-refractivity contribution in [2.75, 3.05) is 6.54 Å². The molecule has 3 heteroatoms. The summed E-state index contributed by atoms with van der Waals surface area (Å²) < 4.78 is 0. The summed E-state index contributed by atoms with van der Waals surface area (Å²) in [5, 5.41) is 6.44. The number of thiophene rings is 1. The first-order valence-electron chi connectivity index (χ1n) is 5.75.